The number of hydrogen-bond donors (Lipinski definition) is 1. The van der Waals surface area contributed by atoms with Gasteiger partial charge in [0.25, 0.3) is 0 Å². The van der Waals surface area contributed by atoms with Gasteiger partial charge in [0.1, 0.15) is 0 Å². The van der Waals surface area contributed by atoms with Crippen LogP contribution >= 0.6 is 0 Å². The van der Waals surface area contributed by atoms with Crippen LogP contribution in [0.1, 0.15) is 24.0 Å². The van der Waals surface area contributed by atoms with Crippen LogP contribution in [0.5, 0.6) is 0 Å². The summed E-state index contributed by atoms with van der Waals surface area (Å²) < 4.78 is 0. The molecule has 2 amide bonds. The number of carbonyl (C=O) groups excluding carboxylic acids is 2. The molecule has 0 saturated carbocycles. The zero-order chi connectivity index (χ0) is 19.4. The van der Waals surface area contributed by atoms with Crippen molar-refractivity contribution in [1.82, 2.24) is 15.1 Å². The number of hydrogen-bond acceptors (Lipinski definition) is 4. The highest BCUT2D eigenvalue weighted by Gasteiger charge is 2.35. The third-order valence-electron chi connectivity index (χ3n) is 5.91. The average Bonchev–Trinajstić information content (AvgIpc) is 3.04. The van der Waals surface area contributed by atoms with Gasteiger partial charge in [-0.05, 0) is 51.1 Å². The predicted octanol–water partition coefficient (Wildman–Crippen LogP) is 1.41. The summed E-state index contributed by atoms with van der Waals surface area (Å²) in [5.74, 6) is -0.197. The minimum absolute atomic E-state index is 0.00883. The highest BCUT2D eigenvalue weighted by atomic mass is 16.2. The third kappa shape index (κ3) is 4.87. The maximum atomic E-state index is 12.5. The normalized spacial score (nSPS) is 21.7. The Morgan fingerprint density at radius 3 is 2.67 bits per heavy atom. The second-order valence-corrected chi connectivity index (χ2v) is 7.91. The lowest BCUT2D eigenvalue weighted by Crippen LogP contribution is -2.45. The van der Waals surface area contributed by atoms with Crippen LogP contribution < -0.4 is 10.2 Å². The molecular weight excluding hydrogens is 340 g/mol. The lowest BCUT2D eigenvalue weighted by atomic mass is 10.1. The summed E-state index contributed by atoms with van der Waals surface area (Å²) in [6, 6.07) is 5.98. The molecule has 0 spiro atoms. The molecule has 0 bridgehead atoms. The van der Waals surface area contributed by atoms with Gasteiger partial charge in [0.2, 0.25) is 11.8 Å². The molecule has 1 aromatic carbocycles. The van der Waals surface area contributed by atoms with Crippen molar-refractivity contribution >= 4 is 17.5 Å². The number of nitrogens with one attached hydrogen (secondary N) is 1. The number of aryl methyl sites for hydroxylation is 1. The summed E-state index contributed by atoms with van der Waals surface area (Å²) in [5, 5.41) is 3.04. The number of carbonyl (C=O) groups is 2. The summed E-state index contributed by atoms with van der Waals surface area (Å²) in [4.78, 5) is 31.5. The smallest absolute Gasteiger partial charge is 0.227 e. The monoisotopic (exact) mass is 372 g/mol. The summed E-state index contributed by atoms with van der Waals surface area (Å²) in [6.45, 7) is 10.7. The lowest BCUT2D eigenvalue weighted by molar-refractivity contribution is -0.126. The second-order valence-electron chi connectivity index (χ2n) is 7.91. The van der Waals surface area contributed by atoms with Crippen molar-refractivity contribution in [2.75, 3.05) is 57.8 Å². The molecule has 6 nitrogen and oxygen atoms in total. The zero-order valence-electron chi connectivity index (χ0n) is 16.8. The fourth-order valence-electron chi connectivity index (χ4n) is 3.87. The maximum absolute atomic E-state index is 12.5. The number of piperazine rings is 1. The van der Waals surface area contributed by atoms with Gasteiger partial charge in [-0.1, -0.05) is 12.1 Å². The topological polar surface area (TPSA) is 55.9 Å². The average molecular weight is 373 g/mol. The number of nitrogens with zero attached hydrogens (tertiary/aromatic N) is 3. The van der Waals surface area contributed by atoms with Gasteiger partial charge in [-0.2, -0.15) is 0 Å². The van der Waals surface area contributed by atoms with E-state index in [1.54, 1.807) is 4.90 Å². The van der Waals surface area contributed by atoms with Crippen LogP contribution in [0.2, 0.25) is 0 Å². The fraction of sp³-hybridized carbons (Fsp3) is 0.619. The van der Waals surface area contributed by atoms with Crippen LogP contribution in [0.3, 0.4) is 0 Å². The quantitative estimate of drug-likeness (QED) is 0.767. The molecule has 0 radical (unpaired) electrons. The van der Waals surface area contributed by atoms with E-state index in [-0.39, 0.29) is 17.7 Å². The van der Waals surface area contributed by atoms with Gasteiger partial charge >= 0.3 is 0 Å². The number of rotatable bonds is 6. The van der Waals surface area contributed by atoms with Gasteiger partial charge in [-0.15, -0.1) is 0 Å². The molecule has 148 valence electrons. The number of amides is 2. The van der Waals surface area contributed by atoms with Crippen molar-refractivity contribution < 1.29 is 9.59 Å². The van der Waals surface area contributed by atoms with E-state index in [0.29, 0.717) is 19.5 Å². The first-order chi connectivity index (χ1) is 13.0. The zero-order valence-corrected chi connectivity index (χ0v) is 16.8. The highest BCUT2D eigenvalue weighted by Crippen LogP contribution is 2.29. The molecule has 1 unspecified atom stereocenters. The molecule has 1 atom stereocenters. The second kappa shape index (κ2) is 8.85. The Morgan fingerprint density at radius 2 is 1.93 bits per heavy atom. The van der Waals surface area contributed by atoms with E-state index in [1.807, 2.05) is 32.0 Å². The first-order valence-electron chi connectivity index (χ1n) is 10.0. The maximum Gasteiger partial charge on any atom is 0.227 e. The summed E-state index contributed by atoms with van der Waals surface area (Å²) in [6.07, 6.45) is 1.26. The van der Waals surface area contributed by atoms with Crippen LogP contribution in [0.4, 0.5) is 5.69 Å². The largest absolute Gasteiger partial charge is 0.356 e. The van der Waals surface area contributed by atoms with Crippen molar-refractivity contribution in [3.05, 3.63) is 29.3 Å². The Labute approximate surface area is 162 Å². The number of anilines is 1. The van der Waals surface area contributed by atoms with Gasteiger partial charge in [0.05, 0.1) is 5.92 Å². The van der Waals surface area contributed by atoms with Gasteiger partial charge in [-0.25, -0.2) is 0 Å². The van der Waals surface area contributed by atoms with Gasteiger partial charge in [0.15, 0.2) is 0 Å². The van der Waals surface area contributed by atoms with Crippen LogP contribution in [0.15, 0.2) is 18.2 Å². The fourth-order valence-corrected chi connectivity index (χ4v) is 3.87. The molecule has 1 aromatic rings. The molecule has 0 aromatic heterocycles. The van der Waals surface area contributed by atoms with Gasteiger partial charge in [-0.3, -0.25) is 9.59 Å². The van der Waals surface area contributed by atoms with Gasteiger partial charge in [0, 0.05) is 51.4 Å². The molecule has 2 fully saturated rings. The molecule has 27 heavy (non-hydrogen) atoms. The standard InChI is InChI=1S/C21H32N4O2/c1-16-6-4-7-19(17(16)2)25-15-18(14-20(25)26)21(27)22-8-5-9-24-12-10-23(3)11-13-24/h4,6-7,18H,5,8-15H2,1-3H3,(H,22,27). The van der Waals surface area contributed by atoms with Crippen molar-refractivity contribution in [3.63, 3.8) is 0 Å². The Kier molecular flexibility index (Phi) is 6.50. The summed E-state index contributed by atoms with van der Waals surface area (Å²) in [5.41, 5.74) is 3.21. The molecular formula is C21H32N4O2. The minimum atomic E-state index is -0.249. The Morgan fingerprint density at radius 1 is 1.19 bits per heavy atom. The summed E-state index contributed by atoms with van der Waals surface area (Å²) >= 11 is 0. The van der Waals surface area contributed by atoms with Crippen LogP contribution in [-0.4, -0.2) is 74.5 Å². The molecule has 2 heterocycles. The van der Waals surface area contributed by atoms with Crippen molar-refractivity contribution in [2.24, 2.45) is 5.92 Å². The Bertz CT molecular complexity index is 683. The van der Waals surface area contributed by atoms with Crippen LogP contribution in [0.25, 0.3) is 0 Å². The summed E-state index contributed by atoms with van der Waals surface area (Å²) in [7, 11) is 2.15. The van der Waals surface area contributed by atoms with Crippen molar-refractivity contribution in [1.29, 1.82) is 0 Å². The Balaban J connectivity index is 1.44. The van der Waals surface area contributed by atoms with E-state index < -0.39 is 0 Å². The number of likely N-dealkylation sites (N-methyl/N-ethyl adjacent to an activating group) is 1. The molecule has 1 N–H and O–H groups in total. The van der Waals surface area contributed by atoms with Crippen LogP contribution in [0, 0.1) is 19.8 Å². The number of benzene rings is 1. The molecule has 2 saturated heterocycles. The van der Waals surface area contributed by atoms with Gasteiger partial charge < -0.3 is 20.0 Å². The van der Waals surface area contributed by atoms with Crippen LogP contribution in [-0.2, 0) is 9.59 Å². The van der Waals surface area contributed by atoms with E-state index in [2.05, 4.69) is 22.2 Å². The highest BCUT2D eigenvalue weighted by molar-refractivity contribution is 6.00. The van der Waals surface area contributed by atoms with E-state index in [1.165, 1.54) is 0 Å². The van der Waals surface area contributed by atoms with E-state index in [4.69, 9.17) is 0 Å². The lowest BCUT2D eigenvalue weighted by Gasteiger charge is -2.32. The van der Waals surface area contributed by atoms with E-state index >= 15 is 0 Å². The van der Waals surface area contributed by atoms with Crippen molar-refractivity contribution in [2.45, 2.75) is 26.7 Å². The first-order valence-corrected chi connectivity index (χ1v) is 10.0. The SMILES string of the molecule is Cc1cccc(N2CC(C(=O)NCCCN3CCN(C)CC3)CC2=O)c1C. The van der Waals surface area contributed by atoms with E-state index in [0.717, 1.165) is 56.0 Å². The molecule has 2 aliphatic rings. The molecule has 3 rings (SSSR count). The van der Waals surface area contributed by atoms with Crippen molar-refractivity contribution in [3.8, 4) is 0 Å². The Hall–Kier alpha value is -1.92. The minimum Gasteiger partial charge on any atom is -0.356 e. The molecule has 0 aliphatic carbocycles. The first kappa shape index (κ1) is 19.8. The predicted molar refractivity (Wildman–Crippen MR) is 108 cm³/mol. The molecule has 6 heteroatoms. The third-order valence-corrected chi connectivity index (χ3v) is 5.91. The van der Waals surface area contributed by atoms with E-state index in [9.17, 15) is 9.59 Å². The molecule has 2 aliphatic heterocycles.